The molecule has 0 aliphatic rings. The largest absolute Gasteiger partial charge is 0.289 e. The molecule has 92 valence electrons. The van der Waals surface area contributed by atoms with Crippen molar-refractivity contribution in [1.82, 2.24) is 0 Å². The molecule has 2 rings (SSSR count). The Morgan fingerprint density at radius 1 is 1.11 bits per heavy atom. The van der Waals surface area contributed by atoms with Gasteiger partial charge in [-0.2, -0.15) is 0 Å². The van der Waals surface area contributed by atoms with Gasteiger partial charge in [-0.1, -0.05) is 17.7 Å². The Hall–Kier alpha value is -1.74. The molecule has 4 heteroatoms. The highest BCUT2D eigenvalue weighted by molar-refractivity contribution is 6.35. The van der Waals surface area contributed by atoms with Crippen molar-refractivity contribution in [3.05, 3.63) is 69.7 Å². The average molecular weight is 267 g/mol. The number of carbonyl (C=O) groups is 1. The van der Waals surface area contributed by atoms with E-state index >= 15 is 0 Å². The van der Waals surface area contributed by atoms with Crippen LogP contribution in [-0.2, 0) is 0 Å². The van der Waals surface area contributed by atoms with Crippen molar-refractivity contribution >= 4 is 17.4 Å². The van der Waals surface area contributed by atoms with Crippen LogP contribution in [0.25, 0.3) is 0 Å². The van der Waals surface area contributed by atoms with Crippen LogP contribution in [0.4, 0.5) is 8.78 Å². The number of rotatable bonds is 2. The fraction of sp³-hybridized carbons (Fsp3) is 0.0714. The number of ketones is 1. The third-order valence-corrected chi connectivity index (χ3v) is 3.01. The minimum Gasteiger partial charge on any atom is -0.289 e. The summed E-state index contributed by atoms with van der Waals surface area (Å²) in [6.45, 7) is 1.61. The maximum Gasteiger partial charge on any atom is 0.194 e. The van der Waals surface area contributed by atoms with Gasteiger partial charge in [-0.3, -0.25) is 4.79 Å². The predicted molar refractivity (Wildman–Crippen MR) is 66.0 cm³/mol. The first kappa shape index (κ1) is 12.7. The quantitative estimate of drug-likeness (QED) is 0.746. The summed E-state index contributed by atoms with van der Waals surface area (Å²) in [5.41, 5.74) is 0.871. The normalized spacial score (nSPS) is 10.4. The van der Waals surface area contributed by atoms with Crippen LogP contribution < -0.4 is 0 Å². The predicted octanol–water partition coefficient (Wildman–Crippen LogP) is 4.16. The van der Waals surface area contributed by atoms with Crippen LogP contribution in [-0.4, -0.2) is 5.78 Å². The van der Waals surface area contributed by atoms with Crippen LogP contribution in [0.15, 0.2) is 36.4 Å². The Kier molecular flexibility index (Phi) is 3.43. The minimum atomic E-state index is -0.651. The van der Waals surface area contributed by atoms with E-state index in [4.69, 9.17) is 11.6 Å². The molecule has 0 aromatic heterocycles. The molecule has 0 N–H and O–H groups in total. The zero-order chi connectivity index (χ0) is 13.3. The van der Waals surface area contributed by atoms with Gasteiger partial charge in [0, 0.05) is 11.1 Å². The summed E-state index contributed by atoms with van der Waals surface area (Å²) in [7, 11) is 0. The summed E-state index contributed by atoms with van der Waals surface area (Å²) in [4.78, 5) is 12.2. The van der Waals surface area contributed by atoms with E-state index in [1.54, 1.807) is 6.92 Å². The average Bonchev–Trinajstić information content (AvgIpc) is 2.32. The van der Waals surface area contributed by atoms with Gasteiger partial charge in [-0.15, -0.1) is 0 Å². The second kappa shape index (κ2) is 4.86. The SMILES string of the molecule is Cc1cc(F)ccc1C(=O)c1cccc(F)c1Cl. The van der Waals surface area contributed by atoms with Gasteiger partial charge in [0.05, 0.1) is 5.02 Å². The van der Waals surface area contributed by atoms with Crippen LogP contribution in [0, 0.1) is 18.6 Å². The van der Waals surface area contributed by atoms with E-state index in [1.165, 1.54) is 36.4 Å². The summed E-state index contributed by atoms with van der Waals surface area (Å²) in [5, 5.41) is -0.216. The van der Waals surface area contributed by atoms with Gasteiger partial charge < -0.3 is 0 Å². The highest BCUT2D eigenvalue weighted by Crippen LogP contribution is 2.24. The van der Waals surface area contributed by atoms with E-state index in [9.17, 15) is 13.6 Å². The van der Waals surface area contributed by atoms with Gasteiger partial charge in [-0.05, 0) is 42.8 Å². The molecule has 0 aliphatic heterocycles. The molecule has 0 atom stereocenters. The number of halogens is 3. The van der Waals surface area contributed by atoms with Crippen LogP contribution >= 0.6 is 11.6 Å². The van der Waals surface area contributed by atoms with Gasteiger partial charge in [0.2, 0.25) is 0 Å². The molecule has 2 aromatic carbocycles. The molecule has 0 bridgehead atoms. The summed E-state index contributed by atoms with van der Waals surface area (Å²) in [6.07, 6.45) is 0. The molecular formula is C14H9ClF2O. The molecule has 0 radical (unpaired) electrons. The summed E-state index contributed by atoms with van der Waals surface area (Å²) in [5.74, 6) is -1.49. The second-order valence-corrected chi connectivity index (χ2v) is 4.27. The van der Waals surface area contributed by atoms with Crippen molar-refractivity contribution in [1.29, 1.82) is 0 Å². The first-order chi connectivity index (χ1) is 8.50. The van der Waals surface area contributed by atoms with Crippen molar-refractivity contribution in [3.8, 4) is 0 Å². The molecule has 0 spiro atoms. The molecule has 0 saturated carbocycles. The fourth-order valence-electron chi connectivity index (χ4n) is 1.71. The second-order valence-electron chi connectivity index (χ2n) is 3.89. The standard InChI is InChI=1S/C14H9ClF2O/c1-8-7-9(16)5-6-10(8)14(18)11-3-2-4-12(17)13(11)15/h2-7H,1H3. The van der Waals surface area contributed by atoms with Crippen molar-refractivity contribution in [2.45, 2.75) is 6.92 Å². The van der Waals surface area contributed by atoms with E-state index in [-0.39, 0.29) is 10.6 Å². The molecule has 0 saturated heterocycles. The summed E-state index contributed by atoms with van der Waals surface area (Å²) < 4.78 is 26.2. The lowest BCUT2D eigenvalue weighted by molar-refractivity contribution is 0.103. The highest BCUT2D eigenvalue weighted by atomic mass is 35.5. The van der Waals surface area contributed by atoms with Gasteiger partial charge in [0.25, 0.3) is 0 Å². The lowest BCUT2D eigenvalue weighted by Gasteiger charge is -2.07. The molecule has 2 aromatic rings. The van der Waals surface area contributed by atoms with Crippen LogP contribution in [0.5, 0.6) is 0 Å². The molecule has 0 aliphatic carbocycles. The molecule has 1 nitrogen and oxygen atoms in total. The third kappa shape index (κ3) is 2.27. The zero-order valence-corrected chi connectivity index (χ0v) is 10.3. The Bertz CT molecular complexity index is 623. The maximum absolute atomic E-state index is 13.3. The van der Waals surface area contributed by atoms with E-state index in [1.807, 2.05) is 0 Å². The van der Waals surface area contributed by atoms with E-state index in [0.717, 1.165) is 0 Å². The van der Waals surface area contributed by atoms with E-state index in [0.29, 0.717) is 11.1 Å². The molecule has 0 fully saturated rings. The van der Waals surface area contributed by atoms with Crippen molar-refractivity contribution in [2.24, 2.45) is 0 Å². The minimum absolute atomic E-state index is 0.0753. The van der Waals surface area contributed by atoms with Crippen molar-refractivity contribution < 1.29 is 13.6 Å². The molecule has 0 heterocycles. The summed E-state index contributed by atoms with van der Waals surface area (Å²) in [6, 6.07) is 7.84. The third-order valence-electron chi connectivity index (χ3n) is 2.63. The van der Waals surface area contributed by atoms with Gasteiger partial charge in [-0.25, -0.2) is 8.78 Å². The van der Waals surface area contributed by atoms with Crippen LogP contribution in [0.3, 0.4) is 0 Å². The van der Waals surface area contributed by atoms with Gasteiger partial charge >= 0.3 is 0 Å². The van der Waals surface area contributed by atoms with E-state index < -0.39 is 17.4 Å². The van der Waals surface area contributed by atoms with Gasteiger partial charge in [0.15, 0.2) is 5.78 Å². The van der Waals surface area contributed by atoms with E-state index in [2.05, 4.69) is 0 Å². The van der Waals surface area contributed by atoms with Crippen molar-refractivity contribution in [3.63, 3.8) is 0 Å². The number of aryl methyl sites for hydroxylation is 1. The van der Waals surface area contributed by atoms with Gasteiger partial charge in [0.1, 0.15) is 11.6 Å². The molecule has 0 amide bonds. The fourth-order valence-corrected chi connectivity index (χ4v) is 1.92. The molecule has 18 heavy (non-hydrogen) atoms. The monoisotopic (exact) mass is 266 g/mol. The topological polar surface area (TPSA) is 17.1 Å². The Morgan fingerprint density at radius 3 is 2.50 bits per heavy atom. The number of carbonyl (C=O) groups excluding carboxylic acids is 1. The van der Waals surface area contributed by atoms with Crippen LogP contribution in [0.1, 0.15) is 21.5 Å². The molecule has 0 unspecified atom stereocenters. The maximum atomic E-state index is 13.3. The Labute approximate surface area is 108 Å². The van der Waals surface area contributed by atoms with Crippen LogP contribution in [0.2, 0.25) is 5.02 Å². The lowest BCUT2D eigenvalue weighted by Crippen LogP contribution is -2.05. The van der Waals surface area contributed by atoms with Crippen molar-refractivity contribution in [2.75, 3.05) is 0 Å². The lowest BCUT2D eigenvalue weighted by atomic mass is 9.99. The number of benzene rings is 2. The summed E-state index contributed by atoms with van der Waals surface area (Å²) >= 11 is 5.75. The Balaban J connectivity index is 2.51. The first-order valence-corrected chi connectivity index (χ1v) is 5.63. The first-order valence-electron chi connectivity index (χ1n) is 5.25. The number of hydrogen-bond donors (Lipinski definition) is 0. The number of hydrogen-bond acceptors (Lipinski definition) is 1. The highest BCUT2D eigenvalue weighted by Gasteiger charge is 2.17. The smallest absolute Gasteiger partial charge is 0.194 e. The zero-order valence-electron chi connectivity index (χ0n) is 9.51. The molecular weight excluding hydrogens is 258 g/mol. The Morgan fingerprint density at radius 2 is 1.83 bits per heavy atom.